The van der Waals surface area contributed by atoms with Gasteiger partial charge in [0.1, 0.15) is 18.0 Å². The van der Waals surface area contributed by atoms with E-state index in [0.717, 1.165) is 27.3 Å². The molecule has 30 heavy (non-hydrogen) atoms. The first kappa shape index (κ1) is 23.5. The van der Waals surface area contributed by atoms with E-state index in [0.29, 0.717) is 17.9 Å². The Morgan fingerprint density at radius 3 is 2.33 bits per heavy atom. The normalized spacial score (nSPS) is 12.2. The zero-order valence-electron chi connectivity index (χ0n) is 18.4. The molecule has 0 aliphatic carbocycles. The lowest BCUT2D eigenvalue weighted by atomic mass is 9.97. The molecule has 1 amide bonds. The molecule has 8 heteroatoms. The number of anilines is 1. The molecular formula is C22H30N2O5S. The molecule has 0 bridgehead atoms. The number of benzene rings is 2. The lowest BCUT2D eigenvalue weighted by Gasteiger charge is -2.26. The van der Waals surface area contributed by atoms with Crippen LogP contribution in [0.25, 0.3) is 0 Å². The molecule has 0 unspecified atom stereocenters. The summed E-state index contributed by atoms with van der Waals surface area (Å²) in [6.45, 7) is 5.64. The highest BCUT2D eigenvalue weighted by atomic mass is 32.2. The predicted molar refractivity (Wildman–Crippen MR) is 119 cm³/mol. The van der Waals surface area contributed by atoms with Crippen molar-refractivity contribution in [3.8, 4) is 11.5 Å². The van der Waals surface area contributed by atoms with Crippen LogP contribution in [-0.2, 0) is 14.8 Å². The maximum Gasteiger partial charge on any atom is 0.241 e. The molecular weight excluding hydrogens is 404 g/mol. The Kier molecular flexibility index (Phi) is 7.72. The standard InChI is InChI=1S/C22H30N2O5S/c1-7-19(18-10-8-15(2)12-16(18)3)23-22(25)14-24(30(6,26)27)20-11-9-17(28-4)13-21(20)29-5/h8-13,19H,7,14H2,1-6H3,(H,23,25)/t19-/m1/s1. The summed E-state index contributed by atoms with van der Waals surface area (Å²) >= 11 is 0. The van der Waals surface area contributed by atoms with Crippen LogP contribution < -0.4 is 19.1 Å². The van der Waals surface area contributed by atoms with E-state index in [9.17, 15) is 13.2 Å². The second-order valence-corrected chi connectivity index (χ2v) is 9.10. The Morgan fingerprint density at radius 2 is 1.80 bits per heavy atom. The predicted octanol–water partition coefficient (Wildman–Crippen LogP) is 3.35. The van der Waals surface area contributed by atoms with Crippen LogP contribution >= 0.6 is 0 Å². The third-order valence-electron chi connectivity index (χ3n) is 4.89. The molecule has 2 rings (SSSR count). The molecule has 0 aromatic heterocycles. The van der Waals surface area contributed by atoms with Gasteiger partial charge in [0.2, 0.25) is 15.9 Å². The number of hydrogen-bond donors (Lipinski definition) is 1. The molecule has 0 radical (unpaired) electrons. The van der Waals surface area contributed by atoms with Gasteiger partial charge in [-0.15, -0.1) is 0 Å². The van der Waals surface area contributed by atoms with Crippen molar-refractivity contribution < 1.29 is 22.7 Å². The average Bonchev–Trinajstić information content (AvgIpc) is 2.69. The molecule has 2 aromatic rings. The topological polar surface area (TPSA) is 84.9 Å². The van der Waals surface area contributed by atoms with Gasteiger partial charge < -0.3 is 14.8 Å². The number of hydrogen-bond acceptors (Lipinski definition) is 5. The SMILES string of the molecule is CC[C@@H](NC(=O)CN(c1ccc(OC)cc1OC)S(C)(=O)=O)c1ccc(C)cc1C. The third kappa shape index (κ3) is 5.66. The van der Waals surface area contributed by atoms with Crippen LogP contribution in [0.4, 0.5) is 5.69 Å². The molecule has 1 atom stereocenters. The van der Waals surface area contributed by atoms with Crippen molar-refractivity contribution in [2.24, 2.45) is 0 Å². The Labute approximate surface area is 179 Å². The summed E-state index contributed by atoms with van der Waals surface area (Å²) in [6.07, 6.45) is 1.74. The summed E-state index contributed by atoms with van der Waals surface area (Å²) in [5, 5.41) is 2.97. The molecule has 0 aliphatic rings. The van der Waals surface area contributed by atoms with Crippen LogP contribution in [0.2, 0.25) is 0 Å². The van der Waals surface area contributed by atoms with Gasteiger partial charge in [-0.25, -0.2) is 8.42 Å². The molecule has 0 aliphatic heterocycles. The molecule has 1 N–H and O–H groups in total. The summed E-state index contributed by atoms with van der Waals surface area (Å²) in [7, 11) is -0.790. The third-order valence-corrected chi connectivity index (χ3v) is 6.01. The Balaban J connectivity index is 2.30. The first-order valence-corrected chi connectivity index (χ1v) is 11.5. The van der Waals surface area contributed by atoms with Crippen molar-refractivity contribution in [2.45, 2.75) is 33.2 Å². The lowest BCUT2D eigenvalue weighted by molar-refractivity contribution is -0.120. The van der Waals surface area contributed by atoms with Crippen LogP contribution in [-0.4, -0.2) is 41.3 Å². The molecule has 0 spiro atoms. The van der Waals surface area contributed by atoms with Gasteiger partial charge in [0.15, 0.2) is 0 Å². The van der Waals surface area contributed by atoms with Crippen molar-refractivity contribution in [1.82, 2.24) is 5.32 Å². The molecule has 0 fully saturated rings. The molecule has 0 heterocycles. The fourth-order valence-electron chi connectivity index (χ4n) is 3.36. The number of sulfonamides is 1. The highest BCUT2D eigenvalue weighted by Gasteiger charge is 2.25. The van der Waals surface area contributed by atoms with E-state index in [2.05, 4.69) is 11.4 Å². The van der Waals surface area contributed by atoms with Crippen LogP contribution in [0.5, 0.6) is 11.5 Å². The van der Waals surface area contributed by atoms with Crippen molar-refractivity contribution >= 4 is 21.6 Å². The van der Waals surface area contributed by atoms with E-state index in [1.54, 1.807) is 18.2 Å². The number of aryl methyl sites for hydroxylation is 2. The average molecular weight is 435 g/mol. The summed E-state index contributed by atoms with van der Waals surface area (Å²) in [4.78, 5) is 12.8. The quantitative estimate of drug-likeness (QED) is 0.654. The largest absolute Gasteiger partial charge is 0.497 e. The Morgan fingerprint density at radius 1 is 1.10 bits per heavy atom. The zero-order chi connectivity index (χ0) is 22.5. The van der Waals surface area contributed by atoms with Crippen LogP contribution in [0.3, 0.4) is 0 Å². The minimum absolute atomic E-state index is 0.211. The van der Waals surface area contributed by atoms with E-state index in [4.69, 9.17) is 9.47 Å². The van der Waals surface area contributed by atoms with Gasteiger partial charge >= 0.3 is 0 Å². The lowest BCUT2D eigenvalue weighted by Crippen LogP contribution is -2.41. The first-order chi connectivity index (χ1) is 14.1. The van der Waals surface area contributed by atoms with E-state index in [1.807, 2.05) is 32.9 Å². The molecule has 2 aromatic carbocycles. The molecule has 0 saturated carbocycles. The minimum atomic E-state index is -3.73. The minimum Gasteiger partial charge on any atom is -0.497 e. The second-order valence-electron chi connectivity index (χ2n) is 7.20. The number of ether oxygens (including phenoxy) is 2. The monoisotopic (exact) mass is 434 g/mol. The summed E-state index contributed by atoms with van der Waals surface area (Å²) in [5.41, 5.74) is 3.52. The van der Waals surface area contributed by atoms with E-state index in [-0.39, 0.29) is 18.3 Å². The van der Waals surface area contributed by atoms with E-state index in [1.165, 1.54) is 14.2 Å². The number of nitrogens with one attached hydrogen (secondary N) is 1. The molecule has 7 nitrogen and oxygen atoms in total. The fraction of sp³-hybridized carbons (Fsp3) is 0.409. The number of nitrogens with zero attached hydrogens (tertiary/aromatic N) is 1. The van der Waals surface area contributed by atoms with Crippen molar-refractivity contribution in [3.63, 3.8) is 0 Å². The summed E-state index contributed by atoms with van der Waals surface area (Å²) in [6, 6.07) is 10.6. The van der Waals surface area contributed by atoms with Gasteiger partial charge in [0.25, 0.3) is 0 Å². The Bertz CT molecular complexity index is 1000. The highest BCUT2D eigenvalue weighted by molar-refractivity contribution is 7.92. The maximum atomic E-state index is 12.8. The first-order valence-electron chi connectivity index (χ1n) is 9.67. The van der Waals surface area contributed by atoms with E-state index < -0.39 is 15.9 Å². The van der Waals surface area contributed by atoms with Crippen LogP contribution in [0.15, 0.2) is 36.4 Å². The number of amides is 1. The highest BCUT2D eigenvalue weighted by Crippen LogP contribution is 2.33. The number of rotatable bonds is 9. The number of carbonyl (C=O) groups is 1. The van der Waals surface area contributed by atoms with Gasteiger partial charge in [-0.1, -0.05) is 30.7 Å². The van der Waals surface area contributed by atoms with Crippen molar-refractivity contribution in [2.75, 3.05) is 31.3 Å². The second kappa shape index (κ2) is 9.84. The van der Waals surface area contributed by atoms with Gasteiger partial charge in [-0.05, 0) is 43.5 Å². The van der Waals surface area contributed by atoms with Gasteiger partial charge in [0, 0.05) is 6.07 Å². The van der Waals surface area contributed by atoms with Gasteiger partial charge in [-0.3, -0.25) is 9.10 Å². The van der Waals surface area contributed by atoms with Gasteiger partial charge in [0.05, 0.1) is 32.2 Å². The van der Waals surface area contributed by atoms with Crippen molar-refractivity contribution in [1.29, 1.82) is 0 Å². The van der Waals surface area contributed by atoms with Crippen LogP contribution in [0, 0.1) is 13.8 Å². The van der Waals surface area contributed by atoms with E-state index >= 15 is 0 Å². The molecule has 0 saturated heterocycles. The van der Waals surface area contributed by atoms with Gasteiger partial charge in [-0.2, -0.15) is 0 Å². The maximum absolute atomic E-state index is 12.8. The summed E-state index contributed by atoms with van der Waals surface area (Å²) < 4.78 is 36.5. The number of methoxy groups -OCH3 is 2. The van der Waals surface area contributed by atoms with Crippen LogP contribution in [0.1, 0.15) is 36.1 Å². The zero-order valence-corrected chi connectivity index (χ0v) is 19.2. The smallest absolute Gasteiger partial charge is 0.241 e. The number of carbonyl (C=O) groups excluding carboxylic acids is 1. The van der Waals surface area contributed by atoms with Crippen molar-refractivity contribution in [3.05, 3.63) is 53.1 Å². The summed E-state index contributed by atoms with van der Waals surface area (Å²) in [5.74, 6) is 0.425. The fourth-order valence-corrected chi connectivity index (χ4v) is 4.22. The Hall–Kier alpha value is -2.74. The molecule has 164 valence electrons.